The summed E-state index contributed by atoms with van der Waals surface area (Å²) in [6.07, 6.45) is 5.34. The largest absolute Gasteiger partial charge is 0.368 e. The quantitative estimate of drug-likeness (QED) is 0.869. The van der Waals surface area contributed by atoms with E-state index in [0.29, 0.717) is 11.5 Å². The topological polar surface area (TPSA) is 84.7 Å². The summed E-state index contributed by atoms with van der Waals surface area (Å²) < 4.78 is 1.96. The fourth-order valence-corrected chi connectivity index (χ4v) is 3.15. The van der Waals surface area contributed by atoms with E-state index in [9.17, 15) is 4.79 Å². The highest BCUT2D eigenvalue weighted by molar-refractivity contribution is 5.95. The molecule has 2 aromatic heterocycles. The molecule has 0 spiro atoms. The third-order valence-electron chi connectivity index (χ3n) is 4.48. The van der Waals surface area contributed by atoms with Gasteiger partial charge in [0.05, 0.1) is 28.8 Å². The molecule has 1 atom stereocenters. The van der Waals surface area contributed by atoms with Crippen LogP contribution in [0.4, 0.5) is 5.82 Å². The van der Waals surface area contributed by atoms with Crippen molar-refractivity contribution < 1.29 is 4.79 Å². The SMILES string of the molecule is Cc1cnc(C)c(NCC2CCn3ncc(C(=O)NC(C)C)c3C2)n1. The maximum absolute atomic E-state index is 12.4. The van der Waals surface area contributed by atoms with Gasteiger partial charge in [0.15, 0.2) is 0 Å². The van der Waals surface area contributed by atoms with E-state index >= 15 is 0 Å². The molecule has 2 N–H and O–H groups in total. The summed E-state index contributed by atoms with van der Waals surface area (Å²) in [6.45, 7) is 9.48. The Morgan fingerprint density at radius 2 is 2.16 bits per heavy atom. The van der Waals surface area contributed by atoms with Crippen LogP contribution in [-0.4, -0.2) is 38.2 Å². The van der Waals surface area contributed by atoms with Gasteiger partial charge in [-0.15, -0.1) is 0 Å². The normalized spacial score (nSPS) is 16.6. The first-order valence-corrected chi connectivity index (χ1v) is 8.83. The lowest BCUT2D eigenvalue weighted by Crippen LogP contribution is -2.32. The second-order valence-corrected chi connectivity index (χ2v) is 7.04. The molecule has 2 aromatic rings. The number of rotatable bonds is 5. The van der Waals surface area contributed by atoms with Crippen LogP contribution in [0, 0.1) is 19.8 Å². The van der Waals surface area contributed by atoms with E-state index in [1.54, 1.807) is 12.4 Å². The summed E-state index contributed by atoms with van der Waals surface area (Å²) in [5, 5.41) is 10.8. The highest BCUT2D eigenvalue weighted by Crippen LogP contribution is 2.24. The summed E-state index contributed by atoms with van der Waals surface area (Å²) in [6, 6.07) is 0.118. The van der Waals surface area contributed by atoms with Crippen LogP contribution in [0.5, 0.6) is 0 Å². The number of aromatic nitrogens is 4. The van der Waals surface area contributed by atoms with Gasteiger partial charge in [0.1, 0.15) is 5.82 Å². The zero-order valence-electron chi connectivity index (χ0n) is 15.3. The lowest BCUT2D eigenvalue weighted by Gasteiger charge is -2.25. The summed E-state index contributed by atoms with van der Waals surface area (Å²) in [5.41, 5.74) is 3.54. The zero-order chi connectivity index (χ0) is 18.0. The van der Waals surface area contributed by atoms with Crippen LogP contribution in [-0.2, 0) is 13.0 Å². The molecule has 0 saturated heterocycles. The summed E-state index contributed by atoms with van der Waals surface area (Å²) in [4.78, 5) is 21.2. The molecule has 0 saturated carbocycles. The van der Waals surface area contributed by atoms with Crippen molar-refractivity contribution in [3.63, 3.8) is 0 Å². The molecule has 1 unspecified atom stereocenters. The molecule has 1 aliphatic heterocycles. The Labute approximate surface area is 148 Å². The third-order valence-corrected chi connectivity index (χ3v) is 4.48. The summed E-state index contributed by atoms with van der Waals surface area (Å²) in [7, 11) is 0. The van der Waals surface area contributed by atoms with Gasteiger partial charge in [0, 0.05) is 25.3 Å². The van der Waals surface area contributed by atoms with Gasteiger partial charge in [-0.05, 0) is 46.5 Å². The number of amides is 1. The Bertz CT molecular complexity index is 767. The minimum Gasteiger partial charge on any atom is -0.368 e. The van der Waals surface area contributed by atoms with Crippen LogP contribution < -0.4 is 10.6 Å². The second kappa shape index (κ2) is 7.21. The van der Waals surface area contributed by atoms with E-state index in [-0.39, 0.29) is 11.9 Å². The molecule has 0 fully saturated rings. The Morgan fingerprint density at radius 3 is 2.92 bits per heavy atom. The van der Waals surface area contributed by atoms with E-state index < -0.39 is 0 Å². The minimum atomic E-state index is -0.0368. The van der Waals surface area contributed by atoms with Crippen molar-refractivity contribution >= 4 is 11.7 Å². The van der Waals surface area contributed by atoms with Crippen LogP contribution in [0.15, 0.2) is 12.4 Å². The molecule has 3 rings (SSSR count). The van der Waals surface area contributed by atoms with Crippen LogP contribution >= 0.6 is 0 Å². The van der Waals surface area contributed by atoms with Gasteiger partial charge in [0.2, 0.25) is 0 Å². The number of hydrogen-bond acceptors (Lipinski definition) is 5. The lowest BCUT2D eigenvalue weighted by molar-refractivity contribution is 0.0941. The van der Waals surface area contributed by atoms with E-state index in [4.69, 9.17) is 0 Å². The molecule has 134 valence electrons. The van der Waals surface area contributed by atoms with Gasteiger partial charge in [0.25, 0.3) is 5.91 Å². The number of carbonyl (C=O) groups is 1. The minimum absolute atomic E-state index is 0.0368. The molecule has 1 amide bonds. The molecular weight excluding hydrogens is 316 g/mol. The summed E-state index contributed by atoms with van der Waals surface area (Å²) >= 11 is 0. The molecular formula is C18H26N6O. The van der Waals surface area contributed by atoms with Crippen LogP contribution in [0.1, 0.15) is 47.7 Å². The standard InChI is InChI=1S/C18H26N6O/c1-11(2)22-18(25)15-10-21-24-6-5-14(7-16(15)24)9-20-17-13(4)19-8-12(3)23-17/h8,10-11,14H,5-7,9H2,1-4H3,(H,20,23)(H,22,25). The third kappa shape index (κ3) is 3.97. The van der Waals surface area contributed by atoms with E-state index in [1.165, 1.54) is 0 Å². The van der Waals surface area contributed by atoms with Crippen molar-refractivity contribution in [1.82, 2.24) is 25.1 Å². The van der Waals surface area contributed by atoms with Gasteiger partial charge in [-0.25, -0.2) is 4.98 Å². The number of fused-ring (bicyclic) bond motifs is 1. The molecule has 7 heteroatoms. The number of aryl methyl sites for hydroxylation is 3. The van der Waals surface area contributed by atoms with Crippen molar-refractivity contribution in [2.75, 3.05) is 11.9 Å². The van der Waals surface area contributed by atoms with Gasteiger partial charge in [-0.1, -0.05) is 0 Å². The fourth-order valence-electron chi connectivity index (χ4n) is 3.15. The van der Waals surface area contributed by atoms with Crippen molar-refractivity contribution in [1.29, 1.82) is 0 Å². The average molecular weight is 342 g/mol. The predicted molar refractivity (Wildman–Crippen MR) is 96.6 cm³/mol. The van der Waals surface area contributed by atoms with Crippen LogP contribution in [0.3, 0.4) is 0 Å². The van der Waals surface area contributed by atoms with E-state index in [2.05, 4.69) is 25.7 Å². The first-order valence-electron chi connectivity index (χ1n) is 8.83. The van der Waals surface area contributed by atoms with Gasteiger partial charge in [-0.2, -0.15) is 5.10 Å². The molecule has 7 nitrogen and oxygen atoms in total. The lowest BCUT2D eigenvalue weighted by atomic mass is 9.94. The monoisotopic (exact) mass is 342 g/mol. The van der Waals surface area contributed by atoms with Crippen molar-refractivity contribution in [2.24, 2.45) is 5.92 Å². The zero-order valence-corrected chi connectivity index (χ0v) is 15.3. The first kappa shape index (κ1) is 17.4. The first-order chi connectivity index (χ1) is 11.9. The Kier molecular flexibility index (Phi) is 5.01. The van der Waals surface area contributed by atoms with Crippen molar-refractivity contribution in [3.8, 4) is 0 Å². The number of carbonyl (C=O) groups excluding carboxylic acids is 1. The van der Waals surface area contributed by atoms with Crippen LogP contribution in [0.2, 0.25) is 0 Å². The van der Waals surface area contributed by atoms with Crippen LogP contribution in [0.25, 0.3) is 0 Å². The maximum Gasteiger partial charge on any atom is 0.254 e. The highest BCUT2D eigenvalue weighted by Gasteiger charge is 2.25. The van der Waals surface area contributed by atoms with Gasteiger partial charge < -0.3 is 10.6 Å². The fraction of sp³-hybridized carbons (Fsp3) is 0.556. The molecule has 0 bridgehead atoms. The van der Waals surface area contributed by atoms with Crippen molar-refractivity contribution in [2.45, 2.75) is 53.1 Å². The Morgan fingerprint density at radius 1 is 1.36 bits per heavy atom. The highest BCUT2D eigenvalue weighted by atomic mass is 16.1. The average Bonchev–Trinajstić information content (AvgIpc) is 2.98. The van der Waals surface area contributed by atoms with Gasteiger partial charge >= 0.3 is 0 Å². The number of hydrogen-bond donors (Lipinski definition) is 2. The molecule has 1 aliphatic rings. The number of nitrogens with one attached hydrogen (secondary N) is 2. The predicted octanol–water partition coefficient (Wildman–Crippen LogP) is 2.10. The molecule has 0 aromatic carbocycles. The van der Waals surface area contributed by atoms with Crippen molar-refractivity contribution in [3.05, 3.63) is 35.0 Å². The smallest absolute Gasteiger partial charge is 0.254 e. The Balaban J connectivity index is 1.67. The number of nitrogens with zero attached hydrogens (tertiary/aromatic N) is 4. The Hall–Kier alpha value is -2.44. The molecule has 25 heavy (non-hydrogen) atoms. The summed E-state index contributed by atoms with van der Waals surface area (Å²) in [5.74, 6) is 1.25. The molecule has 0 aliphatic carbocycles. The van der Waals surface area contributed by atoms with E-state index in [1.807, 2.05) is 32.4 Å². The molecule has 0 radical (unpaired) electrons. The number of anilines is 1. The van der Waals surface area contributed by atoms with E-state index in [0.717, 1.165) is 48.8 Å². The maximum atomic E-state index is 12.4. The second-order valence-electron chi connectivity index (χ2n) is 7.04. The molecule has 3 heterocycles. The van der Waals surface area contributed by atoms with Gasteiger partial charge in [-0.3, -0.25) is 14.5 Å².